The molecule has 2 rings (SSSR count). The number of carbonyl (C=O) groups is 2. The monoisotopic (exact) mass is 381 g/mol. The van der Waals surface area contributed by atoms with Crippen molar-refractivity contribution in [2.45, 2.75) is 39.2 Å². The van der Waals surface area contributed by atoms with E-state index in [2.05, 4.69) is 0 Å². The number of hydrogen-bond donors (Lipinski definition) is 1. The van der Waals surface area contributed by atoms with E-state index in [-0.39, 0.29) is 18.4 Å². The molecule has 6 nitrogen and oxygen atoms in total. The summed E-state index contributed by atoms with van der Waals surface area (Å²) >= 11 is 1.69. The van der Waals surface area contributed by atoms with Crippen molar-refractivity contribution >= 4 is 23.6 Å². The molecule has 1 atom stereocenters. The first-order valence-electron chi connectivity index (χ1n) is 9.07. The summed E-state index contributed by atoms with van der Waals surface area (Å²) in [6.07, 6.45) is 1.71. The molecule has 0 spiro atoms. The Morgan fingerprint density at radius 2 is 1.88 bits per heavy atom. The predicted octanol–water partition coefficient (Wildman–Crippen LogP) is 3.30. The zero-order chi connectivity index (χ0) is 18.9. The van der Waals surface area contributed by atoms with Crippen LogP contribution in [0.4, 0.5) is 0 Å². The van der Waals surface area contributed by atoms with Crippen LogP contribution >= 0.6 is 11.8 Å². The third-order valence-corrected chi connectivity index (χ3v) is 5.10. The Hall–Kier alpha value is -1.89. The lowest BCUT2D eigenvalue weighted by Gasteiger charge is -2.34. The van der Waals surface area contributed by atoms with Gasteiger partial charge in [0.15, 0.2) is 11.5 Å². The van der Waals surface area contributed by atoms with Crippen molar-refractivity contribution in [3.05, 3.63) is 23.8 Å². The zero-order valence-electron chi connectivity index (χ0n) is 15.4. The Bertz CT molecular complexity index is 622. The summed E-state index contributed by atoms with van der Waals surface area (Å²) in [7, 11) is 0. The Morgan fingerprint density at radius 3 is 2.54 bits per heavy atom. The molecule has 144 valence electrons. The van der Waals surface area contributed by atoms with E-state index >= 15 is 0 Å². The molecule has 0 bridgehead atoms. The molecule has 0 saturated carbocycles. The highest BCUT2D eigenvalue weighted by molar-refractivity contribution is 7.99. The highest BCUT2D eigenvalue weighted by Gasteiger charge is 2.30. The first kappa shape index (κ1) is 20.4. The fraction of sp³-hybridized carbons (Fsp3) is 0.579. The number of nitrogens with zero attached hydrogens (tertiary/aromatic N) is 1. The van der Waals surface area contributed by atoms with Gasteiger partial charge in [0.05, 0.1) is 25.7 Å². The fourth-order valence-corrected chi connectivity index (χ4v) is 3.82. The van der Waals surface area contributed by atoms with E-state index in [0.29, 0.717) is 42.6 Å². The highest BCUT2D eigenvalue weighted by Crippen LogP contribution is 2.30. The van der Waals surface area contributed by atoms with Crippen LogP contribution in [-0.2, 0) is 4.79 Å². The second-order valence-corrected chi connectivity index (χ2v) is 7.33. The van der Waals surface area contributed by atoms with Gasteiger partial charge in [0, 0.05) is 23.6 Å². The average Bonchev–Trinajstić information content (AvgIpc) is 2.64. The molecular formula is C19H27NO5S. The molecule has 7 heteroatoms. The topological polar surface area (TPSA) is 76.1 Å². The van der Waals surface area contributed by atoms with Crippen LogP contribution in [-0.4, -0.2) is 59.2 Å². The molecule has 1 saturated heterocycles. The second-order valence-electron chi connectivity index (χ2n) is 6.18. The van der Waals surface area contributed by atoms with Crippen LogP contribution in [0.3, 0.4) is 0 Å². The summed E-state index contributed by atoms with van der Waals surface area (Å²) in [5.41, 5.74) is 0.502. The van der Waals surface area contributed by atoms with Gasteiger partial charge in [-0.15, -0.1) is 0 Å². The predicted molar refractivity (Wildman–Crippen MR) is 102 cm³/mol. The van der Waals surface area contributed by atoms with Crippen molar-refractivity contribution in [1.82, 2.24) is 4.90 Å². The first-order chi connectivity index (χ1) is 12.6. The summed E-state index contributed by atoms with van der Waals surface area (Å²) < 4.78 is 11.5. The van der Waals surface area contributed by atoms with Crippen LogP contribution in [0.15, 0.2) is 18.2 Å². The summed E-state index contributed by atoms with van der Waals surface area (Å²) in [5, 5.41) is 9.11. The summed E-state index contributed by atoms with van der Waals surface area (Å²) in [4.78, 5) is 25.8. The third kappa shape index (κ3) is 5.56. The molecule has 0 radical (unpaired) electrons. The molecule has 1 fully saturated rings. The van der Waals surface area contributed by atoms with Gasteiger partial charge >= 0.3 is 5.97 Å². The normalized spacial score (nSPS) is 17.0. The quantitative estimate of drug-likeness (QED) is 0.707. The maximum atomic E-state index is 13.0. The van der Waals surface area contributed by atoms with E-state index in [4.69, 9.17) is 14.6 Å². The lowest BCUT2D eigenvalue weighted by atomic mass is 10.1. The minimum Gasteiger partial charge on any atom is -0.490 e. The minimum absolute atomic E-state index is 0.0321. The van der Waals surface area contributed by atoms with Crippen LogP contribution in [0.5, 0.6) is 11.5 Å². The smallest absolute Gasteiger partial charge is 0.305 e. The summed E-state index contributed by atoms with van der Waals surface area (Å²) in [6.45, 7) is 5.73. The number of carboxylic acid groups (broad SMARTS) is 1. The van der Waals surface area contributed by atoms with Crippen LogP contribution < -0.4 is 9.47 Å². The van der Waals surface area contributed by atoms with Gasteiger partial charge < -0.3 is 19.5 Å². The number of carboxylic acids is 1. The van der Waals surface area contributed by atoms with Gasteiger partial charge in [-0.3, -0.25) is 9.59 Å². The lowest BCUT2D eigenvalue weighted by Crippen LogP contribution is -2.47. The van der Waals surface area contributed by atoms with Gasteiger partial charge in [0.25, 0.3) is 5.91 Å². The number of rotatable bonds is 9. The van der Waals surface area contributed by atoms with Crippen molar-refractivity contribution in [3.63, 3.8) is 0 Å². The van der Waals surface area contributed by atoms with E-state index < -0.39 is 5.97 Å². The van der Waals surface area contributed by atoms with Gasteiger partial charge in [-0.1, -0.05) is 13.8 Å². The van der Waals surface area contributed by atoms with Gasteiger partial charge in [-0.25, -0.2) is 0 Å². The van der Waals surface area contributed by atoms with E-state index in [0.717, 1.165) is 18.6 Å². The molecule has 1 aromatic carbocycles. The van der Waals surface area contributed by atoms with Crippen molar-refractivity contribution in [2.24, 2.45) is 0 Å². The van der Waals surface area contributed by atoms with E-state index in [1.54, 1.807) is 34.9 Å². The molecule has 1 aliphatic heterocycles. The van der Waals surface area contributed by atoms with Gasteiger partial charge in [-0.05, 0) is 31.0 Å². The van der Waals surface area contributed by atoms with E-state index in [9.17, 15) is 9.59 Å². The number of ether oxygens (including phenoxy) is 2. The number of hydrogen-bond acceptors (Lipinski definition) is 5. The molecule has 1 aromatic rings. The number of aliphatic carboxylic acids is 1. The largest absolute Gasteiger partial charge is 0.490 e. The van der Waals surface area contributed by atoms with Crippen molar-refractivity contribution in [1.29, 1.82) is 0 Å². The number of benzene rings is 1. The Morgan fingerprint density at radius 1 is 1.19 bits per heavy atom. The summed E-state index contributed by atoms with van der Waals surface area (Å²) in [6, 6.07) is 4.92. The average molecular weight is 381 g/mol. The van der Waals surface area contributed by atoms with E-state index in [1.807, 2.05) is 13.8 Å². The Kier molecular flexibility index (Phi) is 8.09. The maximum Gasteiger partial charge on any atom is 0.305 e. The molecule has 26 heavy (non-hydrogen) atoms. The number of carbonyl (C=O) groups excluding carboxylic acids is 1. The van der Waals surface area contributed by atoms with E-state index in [1.165, 1.54) is 0 Å². The maximum absolute atomic E-state index is 13.0. The number of thioether (sulfide) groups is 1. The molecule has 1 unspecified atom stereocenters. The molecule has 1 heterocycles. The van der Waals surface area contributed by atoms with Crippen molar-refractivity contribution < 1.29 is 24.2 Å². The number of amides is 1. The van der Waals surface area contributed by atoms with Crippen molar-refractivity contribution in [3.8, 4) is 11.5 Å². The zero-order valence-corrected chi connectivity index (χ0v) is 16.2. The minimum atomic E-state index is -0.884. The van der Waals surface area contributed by atoms with Crippen LogP contribution in [0.1, 0.15) is 43.5 Å². The second kappa shape index (κ2) is 10.3. The first-order valence-corrected chi connectivity index (χ1v) is 10.2. The van der Waals surface area contributed by atoms with Gasteiger partial charge in [0.1, 0.15) is 0 Å². The molecule has 1 aliphatic rings. The molecule has 1 N–H and O–H groups in total. The lowest BCUT2D eigenvalue weighted by molar-refractivity contribution is -0.138. The molecular weight excluding hydrogens is 354 g/mol. The summed E-state index contributed by atoms with van der Waals surface area (Å²) in [5.74, 6) is 1.62. The standard InChI is InChI=1S/C19H27NO5S/c1-3-8-24-16-6-5-14(11-17(16)25-9-4-2)19(23)20-7-10-26-13-15(20)12-18(21)22/h5-6,11,15H,3-4,7-10,12-13H2,1-2H3,(H,21,22). The molecule has 0 aromatic heterocycles. The Balaban J connectivity index is 2.21. The van der Waals surface area contributed by atoms with Crippen LogP contribution in [0, 0.1) is 0 Å². The third-order valence-electron chi connectivity index (χ3n) is 4.01. The van der Waals surface area contributed by atoms with Gasteiger partial charge in [-0.2, -0.15) is 11.8 Å². The van der Waals surface area contributed by atoms with Crippen LogP contribution in [0.25, 0.3) is 0 Å². The van der Waals surface area contributed by atoms with Crippen LogP contribution in [0.2, 0.25) is 0 Å². The van der Waals surface area contributed by atoms with Gasteiger partial charge in [0.2, 0.25) is 0 Å². The fourth-order valence-electron chi connectivity index (χ4n) is 2.76. The molecule has 1 amide bonds. The SMILES string of the molecule is CCCOc1ccc(C(=O)N2CCSCC2CC(=O)O)cc1OCCC. The Labute approximate surface area is 158 Å². The van der Waals surface area contributed by atoms with Crippen molar-refractivity contribution in [2.75, 3.05) is 31.3 Å². The molecule has 0 aliphatic carbocycles. The highest BCUT2D eigenvalue weighted by atomic mass is 32.2.